The van der Waals surface area contributed by atoms with Crippen LogP contribution in [0.2, 0.25) is 0 Å². The molecule has 0 heterocycles. The summed E-state index contributed by atoms with van der Waals surface area (Å²) in [6.07, 6.45) is 0. The Morgan fingerprint density at radius 2 is 2.00 bits per heavy atom. The third kappa shape index (κ3) is 3.28. The van der Waals surface area contributed by atoms with Crippen molar-refractivity contribution in [2.45, 2.75) is 6.92 Å². The number of ether oxygens (including phenoxy) is 1. The van der Waals surface area contributed by atoms with E-state index in [0.29, 0.717) is 0 Å². The minimum atomic E-state index is -0.975. The van der Waals surface area contributed by atoms with Crippen LogP contribution in [0.3, 0.4) is 0 Å². The van der Waals surface area contributed by atoms with Crippen molar-refractivity contribution >= 4 is 34.9 Å². The van der Waals surface area contributed by atoms with Gasteiger partial charge in [0, 0.05) is 0 Å². The van der Waals surface area contributed by atoms with E-state index in [0.717, 1.165) is 0 Å². The van der Waals surface area contributed by atoms with Gasteiger partial charge >= 0.3 is 11.9 Å². The Labute approximate surface area is 66.2 Å². The van der Waals surface area contributed by atoms with Crippen LogP contribution in [-0.4, -0.2) is 18.5 Å². The number of hydrogen-bond donors (Lipinski definition) is 0. The number of carbonyl (C=O) groups is 2. The van der Waals surface area contributed by atoms with Crippen LogP contribution in [0.5, 0.6) is 0 Å². The van der Waals surface area contributed by atoms with Crippen molar-refractivity contribution < 1.29 is 17.4 Å². The van der Waals surface area contributed by atoms with Gasteiger partial charge in [-0.1, -0.05) is 0 Å². The monoisotopic (exact) mass is 244 g/mol. The zero-order chi connectivity index (χ0) is 7.28. The summed E-state index contributed by atoms with van der Waals surface area (Å²) in [7, 11) is 0. The molecule has 0 aliphatic carbocycles. The lowest BCUT2D eigenvalue weighted by molar-refractivity contribution is -0.160. The number of hydrogen-bond acceptors (Lipinski definition) is 4. The van der Waals surface area contributed by atoms with Gasteiger partial charge < -0.3 is 7.80 Å². The van der Waals surface area contributed by atoms with Gasteiger partial charge in [-0.25, -0.2) is 9.59 Å². The maximum atomic E-state index is 10.3. The van der Waals surface area contributed by atoms with Gasteiger partial charge in [0.2, 0.25) is 0 Å². The molecule has 0 fully saturated rings. The van der Waals surface area contributed by atoms with Crippen molar-refractivity contribution in [3.8, 4) is 0 Å². The Hall–Kier alpha value is -0.330. The Bertz CT molecular complexity index is 122. The molecule has 4 nitrogen and oxygen atoms in total. The number of halogens is 1. The lowest BCUT2D eigenvalue weighted by Gasteiger charge is -1.94. The summed E-state index contributed by atoms with van der Waals surface area (Å²) in [4.78, 5) is 20.5. The zero-order valence-electron chi connectivity index (χ0n) is 4.72. The van der Waals surface area contributed by atoms with E-state index in [4.69, 9.17) is 0 Å². The summed E-state index contributed by atoms with van der Waals surface area (Å²) < 4.78 is 8.30. The number of carbonyl (C=O) groups excluding carboxylic acids is 2. The molecular formula is C4H5IO4. The van der Waals surface area contributed by atoms with Crippen LogP contribution in [0.15, 0.2) is 0 Å². The third-order valence-electron chi connectivity index (χ3n) is 0.512. The predicted molar refractivity (Wildman–Crippen MR) is 36.7 cm³/mol. The molecule has 0 atom stereocenters. The van der Waals surface area contributed by atoms with Gasteiger partial charge in [0.1, 0.15) is 0 Å². The maximum Gasteiger partial charge on any atom is 0.426 e. The molecular weight excluding hydrogens is 239 g/mol. The SMILES string of the molecule is CCOC(=O)C(=O)OI. The molecule has 9 heavy (non-hydrogen) atoms. The van der Waals surface area contributed by atoms with E-state index in [9.17, 15) is 9.59 Å². The molecule has 0 aliphatic heterocycles. The fraction of sp³-hybridized carbons (Fsp3) is 0.500. The van der Waals surface area contributed by atoms with Crippen LogP contribution in [0.25, 0.3) is 0 Å². The Morgan fingerprint density at radius 3 is 2.33 bits per heavy atom. The Balaban J connectivity index is 3.60. The first-order chi connectivity index (χ1) is 4.22. The molecule has 0 aliphatic rings. The average Bonchev–Trinajstić information content (AvgIpc) is 1.87. The van der Waals surface area contributed by atoms with E-state index in [1.165, 1.54) is 23.0 Å². The van der Waals surface area contributed by atoms with Gasteiger partial charge in [0.25, 0.3) is 0 Å². The molecule has 0 aromatic rings. The molecule has 0 aromatic heterocycles. The Kier molecular flexibility index (Phi) is 4.37. The van der Waals surface area contributed by atoms with Crippen LogP contribution in [0.4, 0.5) is 0 Å². The van der Waals surface area contributed by atoms with E-state index in [-0.39, 0.29) is 6.61 Å². The van der Waals surface area contributed by atoms with E-state index in [1.807, 2.05) is 0 Å². The minimum Gasteiger partial charge on any atom is -0.458 e. The standard InChI is InChI=1S/C4H5IO4/c1-2-8-3(6)4(7)9-5/h2H2,1H3. The van der Waals surface area contributed by atoms with Gasteiger partial charge in [-0.3, -0.25) is 0 Å². The normalized spacial score (nSPS) is 8.22. The fourth-order valence-electron chi connectivity index (χ4n) is 0.222. The van der Waals surface area contributed by atoms with Crippen molar-refractivity contribution in [3.63, 3.8) is 0 Å². The molecule has 0 spiro atoms. The first-order valence-corrected chi connectivity index (χ1v) is 3.10. The smallest absolute Gasteiger partial charge is 0.426 e. The number of esters is 1. The molecule has 5 heteroatoms. The molecule has 0 aromatic carbocycles. The zero-order valence-corrected chi connectivity index (χ0v) is 6.88. The molecule has 0 unspecified atom stereocenters. The second-order valence-corrected chi connectivity index (χ2v) is 1.53. The lowest BCUT2D eigenvalue weighted by Crippen LogP contribution is -2.16. The van der Waals surface area contributed by atoms with Gasteiger partial charge in [0.05, 0.1) is 6.61 Å². The van der Waals surface area contributed by atoms with Gasteiger partial charge in [0.15, 0.2) is 23.0 Å². The van der Waals surface area contributed by atoms with Crippen molar-refractivity contribution in [1.29, 1.82) is 0 Å². The molecule has 52 valence electrons. The molecule has 0 amide bonds. The highest BCUT2D eigenvalue weighted by Gasteiger charge is 2.14. The summed E-state index contributed by atoms with van der Waals surface area (Å²) in [6.45, 7) is 1.79. The van der Waals surface area contributed by atoms with Crippen molar-refractivity contribution in [2.24, 2.45) is 0 Å². The fourth-order valence-corrected chi connectivity index (χ4v) is 0.401. The summed E-state index contributed by atoms with van der Waals surface area (Å²) in [5.74, 6) is -1.93. The van der Waals surface area contributed by atoms with E-state index < -0.39 is 11.9 Å². The van der Waals surface area contributed by atoms with Crippen LogP contribution in [0.1, 0.15) is 6.92 Å². The van der Waals surface area contributed by atoms with Crippen molar-refractivity contribution in [1.82, 2.24) is 0 Å². The van der Waals surface area contributed by atoms with Gasteiger partial charge in [-0.2, -0.15) is 0 Å². The molecule has 0 radical (unpaired) electrons. The summed E-state index contributed by atoms with van der Waals surface area (Å²) in [5.41, 5.74) is 0. The highest BCUT2D eigenvalue weighted by atomic mass is 127. The summed E-state index contributed by atoms with van der Waals surface area (Å²) >= 11 is 1.32. The summed E-state index contributed by atoms with van der Waals surface area (Å²) in [5, 5.41) is 0. The topological polar surface area (TPSA) is 52.6 Å². The van der Waals surface area contributed by atoms with Crippen LogP contribution in [-0.2, 0) is 17.4 Å². The molecule has 0 bridgehead atoms. The molecule has 0 saturated heterocycles. The number of rotatable bonds is 1. The average molecular weight is 244 g/mol. The highest BCUT2D eigenvalue weighted by molar-refractivity contribution is 14.1. The predicted octanol–water partition coefficient (Wildman–Crippen LogP) is 0.443. The van der Waals surface area contributed by atoms with Crippen molar-refractivity contribution in [3.05, 3.63) is 0 Å². The first-order valence-electron chi connectivity index (χ1n) is 2.22. The highest BCUT2D eigenvalue weighted by Crippen LogP contribution is 1.89. The molecule has 0 saturated carbocycles. The summed E-state index contributed by atoms with van der Waals surface area (Å²) in [6, 6.07) is 0. The molecule has 0 N–H and O–H groups in total. The van der Waals surface area contributed by atoms with E-state index in [1.54, 1.807) is 6.92 Å². The van der Waals surface area contributed by atoms with Crippen molar-refractivity contribution in [2.75, 3.05) is 6.61 Å². The van der Waals surface area contributed by atoms with Crippen LogP contribution < -0.4 is 0 Å². The van der Waals surface area contributed by atoms with Crippen LogP contribution >= 0.6 is 23.0 Å². The minimum absolute atomic E-state index is 0.185. The second kappa shape index (κ2) is 4.54. The third-order valence-corrected chi connectivity index (χ3v) is 0.912. The van der Waals surface area contributed by atoms with E-state index >= 15 is 0 Å². The van der Waals surface area contributed by atoms with Crippen LogP contribution in [0, 0.1) is 0 Å². The van der Waals surface area contributed by atoms with E-state index in [2.05, 4.69) is 7.80 Å². The van der Waals surface area contributed by atoms with Gasteiger partial charge in [-0.15, -0.1) is 0 Å². The Morgan fingerprint density at radius 1 is 1.44 bits per heavy atom. The molecule has 0 rings (SSSR count). The first kappa shape index (κ1) is 8.67. The lowest BCUT2D eigenvalue weighted by atomic mass is 10.7. The maximum absolute atomic E-state index is 10.3. The van der Waals surface area contributed by atoms with Gasteiger partial charge in [-0.05, 0) is 6.92 Å². The second-order valence-electron chi connectivity index (χ2n) is 1.09. The largest absolute Gasteiger partial charge is 0.458 e. The quantitative estimate of drug-likeness (QED) is 0.381.